The number of sulfonamides is 1. The van der Waals surface area contributed by atoms with Crippen molar-refractivity contribution < 1.29 is 17.9 Å². The number of amides is 1. The zero-order chi connectivity index (χ0) is 26.0. The third kappa shape index (κ3) is 5.65. The lowest BCUT2D eigenvalue weighted by molar-refractivity contribution is -0.127. The number of likely N-dealkylation sites (tertiary alicyclic amines) is 1. The molecule has 0 aromatic heterocycles. The number of carbonyl (C=O) groups excluding carboxylic acids is 1. The molecule has 0 aliphatic carbocycles. The van der Waals surface area contributed by atoms with Crippen molar-refractivity contribution in [2.24, 2.45) is 0 Å². The summed E-state index contributed by atoms with van der Waals surface area (Å²) in [5.41, 5.74) is 4.55. The first-order valence-corrected chi connectivity index (χ1v) is 14.2. The summed E-state index contributed by atoms with van der Waals surface area (Å²) in [6.07, 6.45) is 1.52. The molecule has 2 heterocycles. The topological polar surface area (TPSA) is 79.0 Å². The Morgan fingerprint density at radius 2 is 1.65 bits per heavy atom. The molecule has 1 fully saturated rings. The fraction of sp³-hybridized carbons (Fsp3) is 0.345. The van der Waals surface area contributed by atoms with E-state index in [0.29, 0.717) is 18.0 Å². The number of nitrogens with zero attached hydrogens (tertiary/aromatic N) is 2. The van der Waals surface area contributed by atoms with Gasteiger partial charge in [0.25, 0.3) is 15.9 Å². The van der Waals surface area contributed by atoms with Gasteiger partial charge in [0.05, 0.1) is 17.1 Å². The Morgan fingerprint density at radius 3 is 2.41 bits per heavy atom. The van der Waals surface area contributed by atoms with Crippen LogP contribution in [0.2, 0.25) is 0 Å². The van der Waals surface area contributed by atoms with Crippen molar-refractivity contribution in [1.29, 1.82) is 0 Å². The number of aryl methyl sites for hydroxylation is 2. The minimum absolute atomic E-state index is 0.104. The van der Waals surface area contributed by atoms with E-state index in [-0.39, 0.29) is 17.3 Å². The smallest absolute Gasteiger partial charge is 0.264 e. The number of ether oxygens (including phenoxy) is 1. The molecule has 2 aliphatic rings. The van der Waals surface area contributed by atoms with Crippen molar-refractivity contribution in [2.45, 2.75) is 50.8 Å². The Kier molecular flexibility index (Phi) is 7.22. The van der Waals surface area contributed by atoms with Gasteiger partial charge in [-0.1, -0.05) is 48.0 Å². The molecule has 1 saturated heterocycles. The first-order valence-electron chi connectivity index (χ1n) is 12.7. The number of nitrogens with one attached hydrogen (secondary N) is 1. The van der Waals surface area contributed by atoms with Crippen molar-refractivity contribution >= 4 is 21.6 Å². The maximum absolute atomic E-state index is 13.6. The number of anilines is 1. The lowest BCUT2D eigenvalue weighted by Crippen LogP contribution is -2.50. The molecule has 3 aromatic rings. The number of hydrogen-bond donors (Lipinski definition) is 1. The summed E-state index contributed by atoms with van der Waals surface area (Å²) in [4.78, 5) is 15.8. The van der Waals surface area contributed by atoms with Crippen molar-refractivity contribution in [3.8, 4) is 5.75 Å². The van der Waals surface area contributed by atoms with Gasteiger partial charge in [-0.2, -0.15) is 0 Å². The molecule has 1 amide bonds. The molecule has 1 N–H and O–H groups in total. The molecule has 2 aliphatic heterocycles. The van der Waals surface area contributed by atoms with Gasteiger partial charge in [0.1, 0.15) is 5.75 Å². The Hall–Kier alpha value is -3.36. The zero-order valence-corrected chi connectivity index (χ0v) is 22.1. The van der Waals surface area contributed by atoms with Crippen molar-refractivity contribution in [2.75, 3.05) is 23.9 Å². The molecular weight excluding hydrogens is 486 g/mol. The molecule has 0 radical (unpaired) electrons. The lowest BCUT2D eigenvalue weighted by atomic mass is 10.1. The molecule has 0 bridgehead atoms. The largest absolute Gasteiger partial charge is 0.476 e. The highest BCUT2D eigenvalue weighted by Gasteiger charge is 2.37. The van der Waals surface area contributed by atoms with Crippen LogP contribution >= 0.6 is 0 Å². The van der Waals surface area contributed by atoms with Gasteiger partial charge in [0.2, 0.25) is 0 Å². The predicted octanol–water partition coefficient (Wildman–Crippen LogP) is 4.17. The number of rotatable bonds is 7. The van der Waals surface area contributed by atoms with Gasteiger partial charge in [-0.15, -0.1) is 0 Å². The van der Waals surface area contributed by atoms with E-state index in [0.717, 1.165) is 36.3 Å². The molecule has 5 rings (SSSR count). The molecular formula is C29H33N3O4S. The number of hydrogen-bond acceptors (Lipinski definition) is 5. The summed E-state index contributed by atoms with van der Waals surface area (Å²) in [6, 6.07) is 20.3. The fourth-order valence-corrected chi connectivity index (χ4v) is 6.38. The van der Waals surface area contributed by atoms with Crippen LogP contribution in [0.25, 0.3) is 0 Å². The molecule has 194 valence electrons. The molecule has 7 nitrogen and oxygen atoms in total. The normalized spacial score (nSPS) is 17.8. The highest BCUT2D eigenvalue weighted by molar-refractivity contribution is 7.92. The molecule has 1 atom stereocenters. The van der Waals surface area contributed by atoms with Crippen LogP contribution in [0.1, 0.15) is 35.1 Å². The molecule has 8 heteroatoms. The van der Waals surface area contributed by atoms with Crippen LogP contribution < -0.4 is 14.4 Å². The van der Waals surface area contributed by atoms with Crippen LogP contribution in [0, 0.1) is 13.8 Å². The second kappa shape index (κ2) is 10.6. The third-order valence-electron chi connectivity index (χ3n) is 6.95. The van der Waals surface area contributed by atoms with Crippen LogP contribution in [0.3, 0.4) is 0 Å². The van der Waals surface area contributed by atoms with Crippen molar-refractivity contribution in [1.82, 2.24) is 10.2 Å². The summed E-state index contributed by atoms with van der Waals surface area (Å²) in [7, 11) is -3.89. The van der Waals surface area contributed by atoms with E-state index in [4.69, 9.17) is 4.74 Å². The second-order valence-electron chi connectivity index (χ2n) is 9.95. The van der Waals surface area contributed by atoms with E-state index in [1.807, 2.05) is 32.0 Å². The Bertz CT molecular complexity index is 1380. The summed E-state index contributed by atoms with van der Waals surface area (Å²) in [5.74, 6) is 0.0379. The van der Waals surface area contributed by atoms with E-state index >= 15 is 0 Å². The molecule has 1 unspecified atom stereocenters. The number of benzene rings is 3. The average molecular weight is 520 g/mol. The minimum Gasteiger partial charge on any atom is -0.476 e. The summed E-state index contributed by atoms with van der Waals surface area (Å²) < 4.78 is 34.5. The standard InChI is InChI=1S/C29H33N3O4S/c1-21-8-11-25(12-9-21)37(34,35)32-20-28(36-27-16-22(2)10-13-26(27)32)29(33)30-18-23-6-5-7-24(17-23)19-31-14-3-4-15-31/h5-13,16-17,28H,3-4,14-15,18-20H2,1-2H3,(H,30,33). The lowest BCUT2D eigenvalue weighted by Gasteiger charge is -2.35. The van der Waals surface area contributed by atoms with Gasteiger partial charge in [-0.25, -0.2) is 8.42 Å². The van der Waals surface area contributed by atoms with Gasteiger partial charge in [-0.3, -0.25) is 14.0 Å². The highest BCUT2D eigenvalue weighted by Crippen LogP contribution is 2.37. The maximum atomic E-state index is 13.6. The van der Waals surface area contributed by atoms with Crippen molar-refractivity contribution in [3.05, 3.63) is 89.0 Å². The van der Waals surface area contributed by atoms with Gasteiger partial charge in [0.15, 0.2) is 6.10 Å². The van der Waals surface area contributed by atoms with Crippen LogP contribution in [-0.4, -0.2) is 45.0 Å². The molecule has 37 heavy (non-hydrogen) atoms. The first kappa shape index (κ1) is 25.3. The van der Waals surface area contributed by atoms with E-state index in [2.05, 4.69) is 22.3 Å². The fourth-order valence-electron chi connectivity index (χ4n) is 4.90. The minimum atomic E-state index is -3.89. The Labute approximate surface area is 219 Å². The predicted molar refractivity (Wildman–Crippen MR) is 144 cm³/mol. The zero-order valence-electron chi connectivity index (χ0n) is 21.3. The number of fused-ring (bicyclic) bond motifs is 1. The van der Waals surface area contributed by atoms with Crippen LogP contribution in [0.15, 0.2) is 71.6 Å². The van der Waals surface area contributed by atoms with Gasteiger partial charge >= 0.3 is 0 Å². The molecule has 0 saturated carbocycles. The van der Waals surface area contributed by atoms with E-state index in [9.17, 15) is 13.2 Å². The quantitative estimate of drug-likeness (QED) is 0.507. The number of carbonyl (C=O) groups is 1. The second-order valence-corrected chi connectivity index (χ2v) is 11.8. The summed E-state index contributed by atoms with van der Waals surface area (Å²) >= 11 is 0. The van der Waals surface area contributed by atoms with Crippen LogP contribution in [-0.2, 0) is 27.9 Å². The third-order valence-corrected chi connectivity index (χ3v) is 8.74. The SMILES string of the molecule is Cc1ccc(S(=O)(=O)N2CC(C(=O)NCc3cccc(CN4CCCC4)c3)Oc3cc(C)ccc32)cc1. The Morgan fingerprint density at radius 1 is 0.946 bits per heavy atom. The monoisotopic (exact) mass is 519 g/mol. The van der Waals surface area contributed by atoms with Gasteiger partial charge in [0, 0.05) is 13.1 Å². The Balaban J connectivity index is 1.33. The summed E-state index contributed by atoms with van der Waals surface area (Å²) in [5, 5.41) is 2.96. The molecule has 0 spiro atoms. The maximum Gasteiger partial charge on any atom is 0.264 e. The van der Waals surface area contributed by atoms with E-state index in [1.165, 1.54) is 22.7 Å². The van der Waals surface area contributed by atoms with Gasteiger partial charge in [-0.05, 0) is 80.7 Å². The first-order chi connectivity index (χ1) is 17.8. The summed E-state index contributed by atoms with van der Waals surface area (Å²) in [6.45, 7) is 7.22. The van der Waals surface area contributed by atoms with Crippen LogP contribution in [0.5, 0.6) is 5.75 Å². The van der Waals surface area contributed by atoms with Gasteiger partial charge < -0.3 is 10.1 Å². The average Bonchev–Trinajstić information content (AvgIpc) is 3.40. The van der Waals surface area contributed by atoms with Crippen LogP contribution in [0.4, 0.5) is 5.69 Å². The van der Waals surface area contributed by atoms with E-state index in [1.54, 1.807) is 36.4 Å². The van der Waals surface area contributed by atoms with E-state index < -0.39 is 16.1 Å². The van der Waals surface area contributed by atoms with Crippen molar-refractivity contribution in [3.63, 3.8) is 0 Å². The molecule has 3 aromatic carbocycles. The highest BCUT2D eigenvalue weighted by atomic mass is 32.2.